The first-order valence-electron chi connectivity index (χ1n) is 6.81. The standard InChI is InChI=1S/C16H26N2/c1-12-9-13(16(2,3)4)7-8-15(12)18-10-14(11-18)17(5)6/h7-9,14H,10-11H2,1-6H3. The molecule has 1 aliphatic heterocycles. The summed E-state index contributed by atoms with van der Waals surface area (Å²) < 4.78 is 0. The maximum Gasteiger partial charge on any atom is 0.0440 e. The molecule has 1 saturated heterocycles. The molecule has 0 bridgehead atoms. The van der Waals surface area contributed by atoms with E-state index in [4.69, 9.17) is 0 Å². The Hall–Kier alpha value is -1.02. The summed E-state index contributed by atoms with van der Waals surface area (Å²) in [5, 5.41) is 0. The van der Waals surface area contributed by atoms with Gasteiger partial charge in [-0.25, -0.2) is 0 Å². The van der Waals surface area contributed by atoms with Crippen LogP contribution in [0.1, 0.15) is 31.9 Å². The number of hydrogen-bond acceptors (Lipinski definition) is 2. The van der Waals surface area contributed by atoms with Gasteiger partial charge < -0.3 is 9.80 Å². The summed E-state index contributed by atoms with van der Waals surface area (Å²) in [7, 11) is 4.33. The van der Waals surface area contributed by atoms with Gasteiger partial charge in [0.25, 0.3) is 0 Å². The van der Waals surface area contributed by atoms with Crippen molar-refractivity contribution in [2.24, 2.45) is 0 Å². The van der Waals surface area contributed by atoms with Crippen LogP contribution in [0.5, 0.6) is 0 Å². The molecule has 0 amide bonds. The van der Waals surface area contributed by atoms with Crippen LogP contribution in [-0.2, 0) is 5.41 Å². The SMILES string of the molecule is Cc1cc(C(C)(C)C)ccc1N1CC(N(C)C)C1. The number of rotatable bonds is 2. The minimum Gasteiger partial charge on any atom is -0.368 e. The van der Waals surface area contributed by atoms with Gasteiger partial charge in [-0.3, -0.25) is 0 Å². The summed E-state index contributed by atoms with van der Waals surface area (Å²) in [6.45, 7) is 11.4. The Morgan fingerprint density at radius 2 is 1.78 bits per heavy atom. The molecule has 2 heteroatoms. The van der Waals surface area contributed by atoms with E-state index in [1.165, 1.54) is 16.8 Å². The topological polar surface area (TPSA) is 6.48 Å². The van der Waals surface area contributed by atoms with Gasteiger partial charge in [-0.05, 0) is 43.6 Å². The predicted octanol–water partition coefficient (Wildman–Crippen LogP) is 3.04. The third kappa shape index (κ3) is 2.54. The van der Waals surface area contributed by atoms with Crippen LogP contribution in [0.15, 0.2) is 18.2 Å². The molecular weight excluding hydrogens is 220 g/mol. The average Bonchev–Trinajstić information content (AvgIpc) is 2.15. The van der Waals surface area contributed by atoms with E-state index < -0.39 is 0 Å². The lowest BCUT2D eigenvalue weighted by Gasteiger charge is -2.45. The van der Waals surface area contributed by atoms with Crippen molar-refractivity contribution in [1.29, 1.82) is 0 Å². The molecule has 0 aromatic heterocycles. The van der Waals surface area contributed by atoms with Gasteiger partial charge in [-0.2, -0.15) is 0 Å². The molecule has 0 N–H and O–H groups in total. The highest BCUT2D eigenvalue weighted by atomic mass is 15.3. The summed E-state index contributed by atoms with van der Waals surface area (Å²) in [4.78, 5) is 4.79. The zero-order chi connectivity index (χ0) is 13.5. The van der Waals surface area contributed by atoms with E-state index in [0.29, 0.717) is 6.04 Å². The lowest BCUT2D eigenvalue weighted by molar-refractivity contribution is 0.247. The molecule has 2 rings (SSSR count). The van der Waals surface area contributed by atoms with E-state index in [-0.39, 0.29) is 5.41 Å². The number of nitrogens with zero attached hydrogens (tertiary/aromatic N) is 2. The van der Waals surface area contributed by atoms with Crippen LogP contribution in [0.3, 0.4) is 0 Å². The second kappa shape index (κ2) is 4.58. The second-order valence-corrected chi connectivity index (χ2v) is 6.77. The summed E-state index contributed by atoms with van der Waals surface area (Å²) in [5.41, 5.74) is 4.47. The number of likely N-dealkylation sites (N-methyl/N-ethyl adjacent to an activating group) is 1. The van der Waals surface area contributed by atoms with Crippen LogP contribution < -0.4 is 4.90 Å². The molecule has 0 spiro atoms. The highest BCUT2D eigenvalue weighted by Crippen LogP contribution is 2.30. The van der Waals surface area contributed by atoms with Crippen molar-refractivity contribution in [3.8, 4) is 0 Å². The molecule has 0 atom stereocenters. The molecule has 1 fully saturated rings. The Labute approximate surface area is 112 Å². The molecule has 0 saturated carbocycles. The Bertz CT molecular complexity index is 423. The first-order chi connectivity index (χ1) is 8.29. The fourth-order valence-electron chi connectivity index (χ4n) is 2.46. The zero-order valence-electron chi connectivity index (χ0n) is 12.6. The largest absolute Gasteiger partial charge is 0.368 e. The van der Waals surface area contributed by atoms with Crippen molar-refractivity contribution in [2.45, 2.75) is 39.2 Å². The van der Waals surface area contributed by atoms with Gasteiger partial charge in [-0.1, -0.05) is 32.9 Å². The van der Waals surface area contributed by atoms with Crippen molar-refractivity contribution in [3.63, 3.8) is 0 Å². The van der Waals surface area contributed by atoms with Crippen molar-refractivity contribution in [3.05, 3.63) is 29.3 Å². The third-order valence-corrected chi connectivity index (χ3v) is 4.00. The van der Waals surface area contributed by atoms with Gasteiger partial charge >= 0.3 is 0 Å². The van der Waals surface area contributed by atoms with E-state index in [1.807, 2.05) is 0 Å². The Balaban J connectivity index is 2.13. The Kier molecular flexibility index (Phi) is 3.41. The lowest BCUT2D eigenvalue weighted by Crippen LogP contribution is -2.57. The molecular formula is C16H26N2. The Morgan fingerprint density at radius 1 is 1.17 bits per heavy atom. The van der Waals surface area contributed by atoms with E-state index in [2.05, 4.69) is 69.8 Å². The van der Waals surface area contributed by atoms with Crippen molar-refractivity contribution >= 4 is 5.69 Å². The van der Waals surface area contributed by atoms with Gasteiger partial charge in [0.05, 0.1) is 0 Å². The highest BCUT2D eigenvalue weighted by molar-refractivity contribution is 5.57. The predicted molar refractivity (Wildman–Crippen MR) is 79.6 cm³/mol. The van der Waals surface area contributed by atoms with E-state index in [1.54, 1.807) is 0 Å². The lowest BCUT2D eigenvalue weighted by atomic mass is 9.85. The van der Waals surface area contributed by atoms with E-state index in [9.17, 15) is 0 Å². The highest BCUT2D eigenvalue weighted by Gasteiger charge is 2.29. The molecule has 1 heterocycles. The first-order valence-corrected chi connectivity index (χ1v) is 6.81. The van der Waals surface area contributed by atoms with Crippen LogP contribution in [-0.4, -0.2) is 38.1 Å². The van der Waals surface area contributed by atoms with Crippen molar-refractivity contribution in [2.75, 3.05) is 32.1 Å². The zero-order valence-corrected chi connectivity index (χ0v) is 12.6. The van der Waals surface area contributed by atoms with Gasteiger partial charge in [0.2, 0.25) is 0 Å². The molecule has 0 aliphatic carbocycles. The fraction of sp³-hybridized carbons (Fsp3) is 0.625. The first kappa shape index (κ1) is 13.4. The van der Waals surface area contributed by atoms with E-state index in [0.717, 1.165) is 13.1 Å². The van der Waals surface area contributed by atoms with Crippen LogP contribution in [0.25, 0.3) is 0 Å². The van der Waals surface area contributed by atoms with Gasteiger partial charge in [0.15, 0.2) is 0 Å². The molecule has 1 aromatic carbocycles. The average molecular weight is 246 g/mol. The maximum atomic E-state index is 2.48. The molecule has 0 unspecified atom stereocenters. The third-order valence-electron chi connectivity index (χ3n) is 4.00. The molecule has 18 heavy (non-hydrogen) atoms. The number of anilines is 1. The number of aryl methyl sites for hydroxylation is 1. The maximum absolute atomic E-state index is 2.48. The molecule has 100 valence electrons. The number of benzene rings is 1. The Morgan fingerprint density at radius 3 is 2.22 bits per heavy atom. The monoisotopic (exact) mass is 246 g/mol. The van der Waals surface area contributed by atoms with Gasteiger partial charge in [0.1, 0.15) is 0 Å². The second-order valence-electron chi connectivity index (χ2n) is 6.77. The summed E-state index contributed by atoms with van der Waals surface area (Å²) in [5.74, 6) is 0. The minimum absolute atomic E-state index is 0.240. The van der Waals surface area contributed by atoms with Crippen LogP contribution >= 0.6 is 0 Å². The van der Waals surface area contributed by atoms with Crippen LogP contribution in [0, 0.1) is 6.92 Å². The molecule has 1 aliphatic rings. The quantitative estimate of drug-likeness (QED) is 0.791. The van der Waals surface area contributed by atoms with Crippen LogP contribution in [0.4, 0.5) is 5.69 Å². The minimum atomic E-state index is 0.240. The molecule has 0 radical (unpaired) electrons. The van der Waals surface area contributed by atoms with Crippen molar-refractivity contribution in [1.82, 2.24) is 4.90 Å². The van der Waals surface area contributed by atoms with Crippen LogP contribution in [0.2, 0.25) is 0 Å². The van der Waals surface area contributed by atoms with Gasteiger partial charge in [-0.15, -0.1) is 0 Å². The summed E-state index contributed by atoms with van der Waals surface area (Å²) in [6.07, 6.45) is 0. The summed E-state index contributed by atoms with van der Waals surface area (Å²) >= 11 is 0. The molecule has 1 aromatic rings. The smallest absolute Gasteiger partial charge is 0.0440 e. The summed E-state index contributed by atoms with van der Waals surface area (Å²) in [6, 6.07) is 7.64. The van der Waals surface area contributed by atoms with E-state index >= 15 is 0 Å². The number of hydrogen-bond donors (Lipinski definition) is 0. The van der Waals surface area contributed by atoms with Gasteiger partial charge in [0, 0.05) is 24.8 Å². The fourth-order valence-corrected chi connectivity index (χ4v) is 2.46. The molecule has 2 nitrogen and oxygen atoms in total. The van der Waals surface area contributed by atoms with Crippen molar-refractivity contribution < 1.29 is 0 Å². The normalized spacial score (nSPS) is 17.2.